The summed E-state index contributed by atoms with van der Waals surface area (Å²) < 4.78 is 5.67. The van der Waals surface area contributed by atoms with Crippen LogP contribution in [0.4, 0.5) is 0 Å². The Balaban J connectivity index is 0.00000169. The van der Waals surface area contributed by atoms with Crippen molar-refractivity contribution < 1.29 is 22.9 Å². The lowest BCUT2D eigenvalue weighted by molar-refractivity contribution is -0.417. The lowest BCUT2D eigenvalue weighted by Gasteiger charge is -2.11. The van der Waals surface area contributed by atoms with Gasteiger partial charge < -0.3 is 22.9 Å². The molecule has 0 spiro atoms. The second kappa shape index (κ2) is 5.89. The van der Waals surface area contributed by atoms with Gasteiger partial charge in [-0.25, -0.2) is 0 Å². The number of benzene rings is 1. The van der Waals surface area contributed by atoms with Crippen molar-refractivity contribution in [2.45, 2.75) is 26.8 Å². The van der Waals surface area contributed by atoms with E-state index >= 15 is 0 Å². The molecule has 1 aromatic rings. The van der Waals surface area contributed by atoms with E-state index in [-0.39, 0.29) is 12.4 Å². The Labute approximate surface area is 91.9 Å². The van der Waals surface area contributed by atoms with Crippen LogP contribution in [0.15, 0.2) is 18.2 Å². The van der Waals surface area contributed by atoms with Gasteiger partial charge in [-0.3, -0.25) is 0 Å². The number of aryl methyl sites for hydroxylation is 2. The van der Waals surface area contributed by atoms with Crippen molar-refractivity contribution >= 4 is 0 Å². The number of para-hydroxylation sites is 1. The molecular weight excluding hydrogens is 198 g/mol. The summed E-state index contributed by atoms with van der Waals surface area (Å²) >= 11 is 0. The van der Waals surface area contributed by atoms with Crippen LogP contribution in [-0.2, 0) is 0 Å². The van der Waals surface area contributed by atoms with E-state index in [2.05, 4.69) is 31.7 Å². The smallest absolute Gasteiger partial charge is 0.139 e. The van der Waals surface area contributed by atoms with Gasteiger partial charge in [-0.1, -0.05) is 18.2 Å². The Morgan fingerprint density at radius 3 is 2.21 bits per heavy atom. The fourth-order valence-electron chi connectivity index (χ4n) is 1.25. The van der Waals surface area contributed by atoms with Gasteiger partial charge in [0.25, 0.3) is 0 Å². The second-order valence-electron chi connectivity index (χ2n) is 3.64. The van der Waals surface area contributed by atoms with Crippen LogP contribution in [0, 0.1) is 13.8 Å². The highest BCUT2D eigenvalue weighted by Gasteiger charge is 2.04. The first-order valence-corrected chi connectivity index (χ1v) is 4.63. The molecule has 0 unspecified atom stereocenters. The Hall–Kier alpha value is -0.730. The van der Waals surface area contributed by atoms with Gasteiger partial charge in [0.15, 0.2) is 0 Å². The summed E-state index contributed by atoms with van der Waals surface area (Å²) in [5, 5.41) is 0. The van der Waals surface area contributed by atoms with Gasteiger partial charge in [0.05, 0.1) is 0 Å². The summed E-state index contributed by atoms with van der Waals surface area (Å²) in [5.41, 5.74) is 6.28. The van der Waals surface area contributed by atoms with E-state index in [1.165, 1.54) is 11.1 Å². The SMILES string of the molecule is Cc1cccc(C)c1OC[C@H](C)[NH3+].[Cl-]. The molecule has 0 aliphatic heterocycles. The van der Waals surface area contributed by atoms with Gasteiger partial charge in [-0.2, -0.15) is 0 Å². The van der Waals surface area contributed by atoms with E-state index in [9.17, 15) is 0 Å². The molecule has 0 bridgehead atoms. The number of ether oxygens (including phenoxy) is 1. The molecule has 3 N–H and O–H groups in total. The second-order valence-corrected chi connectivity index (χ2v) is 3.64. The maximum Gasteiger partial charge on any atom is 0.139 e. The molecule has 1 rings (SSSR count). The Morgan fingerprint density at radius 2 is 1.79 bits per heavy atom. The van der Waals surface area contributed by atoms with Crippen LogP contribution in [0.1, 0.15) is 18.1 Å². The monoisotopic (exact) mass is 215 g/mol. The average molecular weight is 216 g/mol. The van der Waals surface area contributed by atoms with Gasteiger partial charge in [-0.15, -0.1) is 0 Å². The van der Waals surface area contributed by atoms with Crippen molar-refractivity contribution in [2.75, 3.05) is 6.61 Å². The van der Waals surface area contributed by atoms with E-state index in [1.54, 1.807) is 0 Å². The molecule has 0 aliphatic carbocycles. The normalized spacial score (nSPS) is 11.7. The van der Waals surface area contributed by atoms with Gasteiger partial charge in [0.2, 0.25) is 0 Å². The molecule has 0 aliphatic rings. The molecule has 2 nitrogen and oxygen atoms in total. The first kappa shape index (κ1) is 13.3. The number of quaternary nitrogens is 1. The first-order chi connectivity index (χ1) is 6.11. The van der Waals surface area contributed by atoms with Crippen LogP contribution >= 0.6 is 0 Å². The maximum atomic E-state index is 5.67. The van der Waals surface area contributed by atoms with Crippen molar-refractivity contribution in [2.24, 2.45) is 0 Å². The lowest BCUT2D eigenvalue weighted by Crippen LogP contribution is -3.00. The molecule has 1 atom stereocenters. The van der Waals surface area contributed by atoms with E-state index in [4.69, 9.17) is 4.74 Å². The third-order valence-electron chi connectivity index (χ3n) is 1.92. The summed E-state index contributed by atoms with van der Waals surface area (Å²) in [7, 11) is 0. The van der Waals surface area contributed by atoms with Crippen LogP contribution in [0.3, 0.4) is 0 Å². The van der Waals surface area contributed by atoms with Gasteiger partial charge in [-0.05, 0) is 31.9 Å². The van der Waals surface area contributed by atoms with E-state index in [0.29, 0.717) is 12.6 Å². The van der Waals surface area contributed by atoms with Crippen LogP contribution in [0.25, 0.3) is 0 Å². The highest BCUT2D eigenvalue weighted by Crippen LogP contribution is 2.21. The predicted octanol–water partition coefficient (Wildman–Crippen LogP) is -1.68. The topological polar surface area (TPSA) is 36.9 Å². The van der Waals surface area contributed by atoms with E-state index in [1.807, 2.05) is 13.0 Å². The summed E-state index contributed by atoms with van der Waals surface area (Å²) in [5.74, 6) is 1.01. The standard InChI is InChI=1S/C11H17NO.ClH/c1-8-5-4-6-9(2)11(8)13-7-10(3)12;/h4-6,10H,7,12H2,1-3H3;1H/t10-;/m0./s1. The van der Waals surface area contributed by atoms with Crippen molar-refractivity contribution in [3.05, 3.63) is 29.3 Å². The van der Waals surface area contributed by atoms with Crippen molar-refractivity contribution in [3.63, 3.8) is 0 Å². The quantitative estimate of drug-likeness (QED) is 0.643. The molecule has 14 heavy (non-hydrogen) atoms. The molecule has 0 aromatic heterocycles. The van der Waals surface area contributed by atoms with Gasteiger partial charge in [0, 0.05) is 0 Å². The zero-order valence-electron chi connectivity index (χ0n) is 9.01. The Bertz CT molecular complexity index is 266. The minimum absolute atomic E-state index is 0. The fourth-order valence-corrected chi connectivity index (χ4v) is 1.25. The summed E-state index contributed by atoms with van der Waals surface area (Å²) in [4.78, 5) is 0. The van der Waals surface area contributed by atoms with Crippen molar-refractivity contribution in [1.29, 1.82) is 0 Å². The van der Waals surface area contributed by atoms with Gasteiger partial charge in [0.1, 0.15) is 18.4 Å². The molecule has 0 saturated heterocycles. The lowest BCUT2D eigenvalue weighted by atomic mass is 10.1. The number of hydrogen-bond donors (Lipinski definition) is 1. The molecule has 0 fully saturated rings. The Kier molecular flexibility index (Phi) is 5.58. The number of halogens is 1. The largest absolute Gasteiger partial charge is 1.00 e. The third kappa shape index (κ3) is 3.56. The zero-order chi connectivity index (χ0) is 9.84. The Morgan fingerprint density at radius 1 is 1.29 bits per heavy atom. The highest BCUT2D eigenvalue weighted by molar-refractivity contribution is 5.39. The van der Waals surface area contributed by atoms with E-state index < -0.39 is 0 Å². The predicted molar refractivity (Wildman–Crippen MR) is 53.8 cm³/mol. The molecule has 0 saturated carbocycles. The van der Waals surface area contributed by atoms with Crippen LogP contribution in [-0.4, -0.2) is 12.6 Å². The molecule has 1 aromatic carbocycles. The highest BCUT2D eigenvalue weighted by atomic mass is 35.5. The van der Waals surface area contributed by atoms with Crippen molar-refractivity contribution in [3.8, 4) is 5.75 Å². The molecular formula is C11H18ClNO. The molecule has 0 radical (unpaired) electrons. The molecule has 0 amide bonds. The molecule has 80 valence electrons. The van der Waals surface area contributed by atoms with Crippen molar-refractivity contribution in [1.82, 2.24) is 0 Å². The number of rotatable bonds is 3. The minimum Gasteiger partial charge on any atom is -1.00 e. The molecule has 0 heterocycles. The summed E-state index contributed by atoms with van der Waals surface area (Å²) in [6.45, 7) is 6.87. The third-order valence-corrected chi connectivity index (χ3v) is 1.92. The maximum absolute atomic E-state index is 5.67. The average Bonchev–Trinajstić information content (AvgIpc) is 2.03. The summed E-state index contributed by atoms with van der Waals surface area (Å²) in [6, 6.07) is 6.51. The zero-order valence-corrected chi connectivity index (χ0v) is 9.77. The first-order valence-electron chi connectivity index (χ1n) is 4.63. The molecule has 3 heteroatoms. The minimum atomic E-state index is 0. The number of hydrogen-bond acceptors (Lipinski definition) is 1. The van der Waals surface area contributed by atoms with Gasteiger partial charge >= 0.3 is 0 Å². The fraction of sp³-hybridized carbons (Fsp3) is 0.455. The van der Waals surface area contributed by atoms with E-state index in [0.717, 1.165) is 5.75 Å². The van der Waals surface area contributed by atoms with Crippen LogP contribution < -0.4 is 22.9 Å². The van der Waals surface area contributed by atoms with Crippen LogP contribution in [0.5, 0.6) is 5.75 Å². The van der Waals surface area contributed by atoms with Crippen LogP contribution in [0.2, 0.25) is 0 Å². The summed E-state index contributed by atoms with van der Waals surface area (Å²) in [6.07, 6.45) is 0.